The molecule has 23 heavy (non-hydrogen) atoms. The van der Waals surface area contributed by atoms with Crippen LogP contribution in [0.15, 0.2) is 35.8 Å². The third kappa shape index (κ3) is 4.89. The second-order valence-electron chi connectivity index (χ2n) is 5.11. The topological polar surface area (TPSA) is 70.5 Å². The van der Waals surface area contributed by atoms with E-state index >= 15 is 0 Å². The monoisotopic (exact) mass is 332 g/mol. The molecule has 0 atom stereocenters. The van der Waals surface area contributed by atoms with E-state index in [9.17, 15) is 14.7 Å². The summed E-state index contributed by atoms with van der Waals surface area (Å²) in [7, 11) is 0. The quantitative estimate of drug-likeness (QED) is 0.807. The van der Waals surface area contributed by atoms with Gasteiger partial charge < -0.3 is 10.0 Å². The van der Waals surface area contributed by atoms with Crippen molar-refractivity contribution in [3.8, 4) is 0 Å². The van der Waals surface area contributed by atoms with Crippen LogP contribution in [0.4, 0.5) is 0 Å². The van der Waals surface area contributed by atoms with E-state index < -0.39 is 5.97 Å². The minimum Gasteiger partial charge on any atom is -0.478 e. The van der Waals surface area contributed by atoms with Crippen LogP contribution >= 0.6 is 11.3 Å². The molecule has 0 saturated carbocycles. The highest BCUT2D eigenvalue weighted by atomic mass is 32.1. The van der Waals surface area contributed by atoms with Gasteiger partial charge in [0.1, 0.15) is 0 Å². The van der Waals surface area contributed by atoms with E-state index in [1.807, 2.05) is 12.3 Å². The number of carboxylic acids is 1. The third-order valence-corrected chi connectivity index (χ3v) is 4.51. The number of rotatable bonds is 8. The summed E-state index contributed by atoms with van der Waals surface area (Å²) in [6, 6.07) is 6.83. The van der Waals surface area contributed by atoms with Crippen LogP contribution in [-0.4, -0.2) is 40.0 Å². The number of aromatic carboxylic acids is 1. The van der Waals surface area contributed by atoms with Crippen LogP contribution in [0.2, 0.25) is 0 Å². The van der Waals surface area contributed by atoms with Crippen molar-refractivity contribution in [3.63, 3.8) is 0 Å². The lowest BCUT2D eigenvalue weighted by atomic mass is 10.0. The van der Waals surface area contributed by atoms with E-state index in [1.54, 1.807) is 46.7 Å². The first-order valence-corrected chi connectivity index (χ1v) is 8.47. The van der Waals surface area contributed by atoms with Gasteiger partial charge in [-0.1, -0.05) is 18.2 Å². The van der Waals surface area contributed by atoms with E-state index in [2.05, 4.69) is 4.98 Å². The van der Waals surface area contributed by atoms with Crippen LogP contribution in [0.5, 0.6) is 0 Å². The molecule has 6 heteroatoms. The number of amides is 1. The fourth-order valence-corrected chi connectivity index (χ4v) is 3.02. The molecule has 0 saturated heterocycles. The van der Waals surface area contributed by atoms with Gasteiger partial charge in [0.05, 0.1) is 10.6 Å². The minimum absolute atomic E-state index is 0.0456. The highest BCUT2D eigenvalue weighted by Gasteiger charge is 2.15. The average Bonchev–Trinajstić information content (AvgIpc) is 3.07. The van der Waals surface area contributed by atoms with Gasteiger partial charge in [0.2, 0.25) is 5.91 Å². The van der Waals surface area contributed by atoms with Gasteiger partial charge in [0, 0.05) is 37.5 Å². The van der Waals surface area contributed by atoms with Crippen molar-refractivity contribution in [1.82, 2.24) is 9.88 Å². The molecule has 2 rings (SSSR count). The number of thiazole rings is 1. The van der Waals surface area contributed by atoms with Gasteiger partial charge in [-0.05, 0) is 25.0 Å². The van der Waals surface area contributed by atoms with E-state index in [0.717, 1.165) is 11.4 Å². The summed E-state index contributed by atoms with van der Waals surface area (Å²) in [6.45, 7) is 3.24. The molecule has 122 valence electrons. The number of nitrogens with zero attached hydrogens (tertiary/aromatic N) is 2. The number of hydrogen-bond acceptors (Lipinski definition) is 4. The average molecular weight is 332 g/mol. The summed E-state index contributed by atoms with van der Waals surface area (Å²) in [4.78, 5) is 29.6. The van der Waals surface area contributed by atoms with Gasteiger partial charge in [-0.15, -0.1) is 11.3 Å². The van der Waals surface area contributed by atoms with Gasteiger partial charge in [0.25, 0.3) is 0 Å². The Morgan fingerprint density at radius 2 is 2.04 bits per heavy atom. The number of hydrogen-bond donors (Lipinski definition) is 1. The van der Waals surface area contributed by atoms with Crippen molar-refractivity contribution in [1.29, 1.82) is 0 Å². The van der Waals surface area contributed by atoms with E-state index in [0.29, 0.717) is 31.5 Å². The first kappa shape index (κ1) is 17.1. The van der Waals surface area contributed by atoms with Gasteiger partial charge in [0.15, 0.2) is 0 Å². The predicted molar refractivity (Wildman–Crippen MR) is 89.8 cm³/mol. The van der Waals surface area contributed by atoms with E-state index in [1.165, 1.54) is 0 Å². The van der Waals surface area contributed by atoms with Crippen molar-refractivity contribution in [2.24, 2.45) is 0 Å². The number of likely N-dealkylation sites (N-methyl/N-ethyl adjacent to an activating group) is 1. The molecule has 0 bridgehead atoms. The normalized spacial score (nSPS) is 10.5. The lowest BCUT2D eigenvalue weighted by molar-refractivity contribution is -0.130. The molecule has 2 aromatic rings. The van der Waals surface area contributed by atoms with E-state index in [-0.39, 0.29) is 11.5 Å². The van der Waals surface area contributed by atoms with Crippen LogP contribution in [0.3, 0.4) is 0 Å². The minimum atomic E-state index is -0.954. The molecule has 0 fully saturated rings. The number of aromatic nitrogens is 1. The smallest absolute Gasteiger partial charge is 0.335 e. The zero-order chi connectivity index (χ0) is 16.7. The Labute approximate surface area is 139 Å². The fourth-order valence-electron chi connectivity index (χ4n) is 2.41. The van der Waals surface area contributed by atoms with Crippen LogP contribution in [0, 0.1) is 0 Å². The lowest BCUT2D eigenvalue weighted by Gasteiger charge is -2.20. The molecule has 0 aliphatic carbocycles. The van der Waals surface area contributed by atoms with Crippen molar-refractivity contribution >= 4 is 23.2 Å². The van der Waals surface area contributed by atoms with Crippen LogP contribution in [0.25, 0.3) is 0 Å². The number of aryl methyl sites for hydroxylation is 1. The molecule has 0 aliphatic rings. The molecule has 1 aromatic carbocycles. The molecule has 0 unspecified atom stereocenters. The summed E-state index contributed by atoms with van der Waals surface area (Å²) >= 11 is 1.59. The first-order chi connectivity index (χ1) is 11.1. The van der Waals surface area contributed by atoms with Crippen molar-refractivity contribution < 1.29 is 14.7 Å². The zero-order valence-corrected chi connectivity index (χ0v) is 13.9. The Balaban J connectivity index is 1.91. The summed E-state index contributed by atoms with van der Waals surface area (Å²) in [6.07, 6.45) is 3.27. The van der Waals surface area contributed by atoms with E-state index in [4.69, 9.17) is 0 Å². The summed E-state index contributed by atoms with van der Waals surface area (Å²) in [5, 5.41) is 12.1. The van der Waals surface area contributed by atoms with Crippen LogP contribution in [0.1, 0.15) is 34.3 Å². The molecule has 0 aliphatic heterocycles. The number of carboxylic acid groups (broad SMARTS) is 1. The largest absolute Gasteiger partial charge is 0.478 e. The maximum atomic E-state index is 12.3. The van der Waals surface area contributed by atoms with Crippen LogP contribution in [-0.2, 0) is 17.6 Å². The predicted octanol–water partition coefficient (Wildman–Crippen LogP) is 2.87. The Morgan fingerprint density at radius 3 is 2.70 bits per heavy atom. The zero-order valence-electron chi connectivity index (χ0n) is 13.1. The maximum Gasteiger partial charge on any atom is 0.335 e. The molecule has 0 spiro atoms. The second-order valence-corrected chi connectivity index (χ2v) is 6.09. The molecular formula is C17H20N2O3S. The second kappa shape index (κ2) is 8.43. The Morgan fingerprint density at radius 1 is 1.26 bits per heavy atom. The molecule has 1 aromatic heterocycles. The summed E-state index contributed by atoms with van der Waals surface area (Å²) in [5.41, 5.74) is 0.968. The standard InChI is InChI=1S/C17H20N2O3S/c1-2-19(11-9-15-18-10-12-23-15)16(20)8-7-13-5-3-4-6-14(13)17(21)22/h3-6,10,12H,2,7-9,11H2,1H3,(H,21,22). The summed E-state index contributed by atoms with van der Waals surface area (Å²) in [5.74, 6) is -0.909. The van der Waals surface area contributed by atoms with Gasteiger partial charge in [-0.2, -0.15) is 0 Å². The van der Waals surface area contributed by atoms with Gasteiger partial charge >= 0.3 is 5.97 Å². The Hall–Kier alpha value is -2.21. The number of carbonyl (C=O) groups is 2. The Bertz CT molecular complexity index is 656. The van der Waals surface area contributed by atoms with Gasteiger partial charge in [-0.3, -0.25) is 4.79 Å². The van der Waals surface area contributed by atoms with Crippen LogP contribution < -0.4 is 0 Å². The number of benzene rings is 1. The summed E-state index contributed by atoms with van der Waals surface area (Å²) < 4.78 is 0. The highest BCUT2D eigenvalue weighted by Crippen LogP contribution is 2.13. The number of carbonyl (C=O) groups excluding carboxylic acids is 1. The molecule has 1 N–H and O–H groups in total. The van der Waals surface area contributed by atoms with Gasteiger partial charge in [-0.25, -0.2) is 9.78 Å². The fraction of sp³-hybridized carbons (Fsp3) is 0.353. The first-order valence-electron chi connectivity index (χ1n) is 7.59. The lowest BCUT2D eigenvalue weighted by Crippen LogP contribution is -2.33. The molecule has 0 radical (unpaired) electrons. The van der Waals surface area contributed by atoms with Crippen molar-refractivity contribution in [2.75, 3.05) is 13.1 Å². The molecule has 1 heterocycles. The highest BCUT2D eigenvalue weighted by molar-refractivity contribution is 7.09. The SMILES string of the molecule is CCN(CCc1nccs1)C(=O)CCc1ccccc1C(=O)O. The maximum absolute atomic E-state index is 12.3. The molecule has 5 nitrogen and oxygen atoms in total. The van der Waals surface area contributed by atoms with Crippen molar-refractivity contribution in [3.05, 3.63) is 52.0 Å². The molecular weight excluding hydrogens is 312 g/mol. The third-order valence-electron chi connectivity index (χ3n) is 3.67. The molecule has 1 amide bonds. The van der Waals surface area contributed by atoms with Crippen molar-refractivity contribution in [2.45, 2.75) is 26.2 Å². The Kier molecular flexibility index (Phi) is 6.29.